The van der Waals surface area contributed by atoms with Gasteiger partial charge in [-0.1, -0.05) is 77.8 Å². The average Bonchev–Trinajstić information content (AvgIpc) is 4.05. The Morgan fingerprint density at radius 3 is 1.55 bits per heavy atom. The number of benzene rings is 5. The fourth-order valence-corrected chi connectivity index (χ4v) is 8.55. The Morgan fingerprint density at radius 2 is 1.03 bits per heavy atom. The molecule has 0 radical (unpaired) electrons. The van der Waals surface area contributed by atoms with Gasteiger partial charge < -0.3 is 20.5 Å². The summed E-state index contributed by atoms with van der Waals surface area (Å²) in [6.45, 7) is 0.473. The van der Waals surface area contributed by atoms with Gasteiger partial charge in [0.25, 0.3) is 0 Å². The van der Waals surface area contributed by atoms with Gasteiger partial charge in [-0.25, -0.2) is 29.9 Å². The second-order valence-corrected chi connectivity index (χ2v) is 17.4. The first-order valence-corrected chi connectivity index (χ1v) is 23.2. The molecule has 0 unspecified atom stereocenters. The van der Waals surface area contributed by atoms with Gasteiger partial charge in [-0.3, -0.25) is 9.97 Å². The highest BCUT2D eigenvalue weighted by Crippen LogP contribution is 2.35. The van der Waals surface area contributed by atoms with Gasteiger partial charge in [0.05, 0.1) is 22.4 Å². The van der Waals surface area contributed by atoms with E-state index >= 15 is 0 Å². The highest BCUT2D eigenvalue weighted by atomic mass is 35.5. The van der Waals surface area contributed by atoms with Gasteiger partial charge in [0.1, 0.15) is 29.7 Å². The van der Waals surface area contributed by atoms with Crippen LogP contribution in [0.5, 0.6) is 11.5 Å². The monoisotopic (exact) mass is 952 g/mol. The van der Waals surface area contributed by atoms with Gasteiger partial charge >= 0.3 is 0 Å². The summed E-state index contributed by atoms with van der Waals surface area (Å²) in [6.07, 6.45) is 6.90. The molecule has 0 amide bonds. The molecule has 0 saturated carbocycles. The van der Waals surface area contributed by atoms with Crippen molar-refractivity contribution >= 4 is 89.6 Å². The van der Waals surface area contributed by atoms with Crippen molar-refractivity contribution in [1.29, 1.82) is 0 Å². The number of thiazole rings is 2. The van der Waals surface area contributed by atoms with Crippen LogP contribution in [0.2, 0.25) is 10.0 Å². The molecule has 3 N–H and O–H groups in total. The fraction of sp³-hybridized carbons (Fsp3) is 0.0196. The number of aromatic nitrogens is 8. The van der Waals surface area contributed by atoms with Crippen molar-refractivity contribution in [2.24, 2.45) is 0 Å². The Kier molecular flexibility index (Phi) is 12.7. The van der Waals surface area contributed by atoms with Crippen LogP contribution < -0.4 is 15.4 Å². The van der Waals surface area contributed by atoms with Crippen LogP contribution >= 0.6 is 45.9 Å². The number of fused-ring (bicyclic) bond motifs is 2. The third-order valence-electron chi connectivity index (χ3n) is 10.2. The van der Waals surface area contributed by atoms with Crippen LogP contribution in [0, 0.1) is 0 Å². The first-order chi connectivity index (χ1) is 32.9. The molecule has 12 nitrogen and oxygen atoms in total. The van der Waals surface area contributed by atoms with E-state index in [1.54, 1.807) is 43.0 Å². The molecule has 11 aromatic rings. The third kappa shape index (κ3) is 10.3. The molecule has 0 fully saturated rings. The minimum atomic E-state index is 0.143. The molecule has 67 heavy (non-hydrogen) atoms. The van der Waals surface area contributed by atoms with Crippen LogP contribution in [0.1, 0.15) is 5.56 Å². The van der Waals surface area contributed by atoms with E-state index in [0.29, 0.717) is 56.0 Å². The zero-order valence-corrected chi connectivity index (χ0v) is 38.1. The lowest BCUT2D eigenvalue weighted by Crippen LogP contribution is -2.00. The predicted octanol–water partition coefficient (Wildman–Crippen LogP) is 13.7. The maximum Gasteiger partial charge on any atom is 0.188 e. The van der Waals surface area contributed by atoms with Crippen molar-refractivity contribution in [1.82, 2.24) is 39.9 Å². The Hall–Kier alpha value is -7.88. The number of hydrogen-bond donors (Lipinski definition) is 3. The van der Waals surface area contributed by atoms with E-state index in [2.05, 4.69) is 35.6 Å². The zero-order valence-electron chi connectivity index (χ0n) is 35.0. The summed E-state index contributed by atoms with van der Waals surface area (Å²) in [4.78, 5) is 36.8. The Morgan fingerprint density at radius 1 is 0.507 bits per heavy atom. The quantitative estimate of drug-likeness (QED) is 0.113. The maximum atomic E-state index is 9.97. The second-order valence-electron chi connectivity index (χ2n) is 14.8. The van der Waals surface area contributed by atoms with Gasteiger partial charge in [-0.2, -0.15) is 0 Å². The van der Waals surface area contributed by atoms with Crippen LogP contribution in [0.15, 0.2) is 175 Å². The lowest BCUT2D eigenvalue weighted by molar-refractivity contribution is 0.306. The Balaban J connectivity index is 0.000000160. The molecule has 16 heteroatoms. The smallest absolute Gasteiger partial charge is 0.188 e. The number of pyridine rings is 2. The molecule has 0 saturated heterocycles. The summed E-state index contributed by atoms with van der Waals surface area (Å²) in [5.74, 6) is 3.20. The molecular formula is C51H34Cl2N10O2S2. The Bertz CT molecular complexity index is 3460. The number of hydrogen-bond acceptors (Lipinski definition) is 14. The number of aromatic hydroxyl groups is 1. The number of rotatable bonds is 11. The first kappa shape index (κ1) is 43.0. The highest BCUT2D eigenvalue weighted by molar-refractivity contribution is 7.14. The lowest BCUT2D eigenvalue weighted by atomic mass is 10.2. The van der Waals surface area contributed by atoms with Crippen LogP contribution in [-0.2, 0) is 6.61 Å². The number of nitrogens with zero attached hydrogens (tertiary/aromatic N) is 8. The molecule has 0 aliphatic carbocycles. The molecule has 11 rings (SSSR count). The number of phenols is 1. The maximum absolute atomic E-state index is 9.97. The zero-order chi connectivity index (χ0) is 45.5. The minimum Gasteiger partial charge on any atom is -0.508 e. The van der Waals surface area contributed by atoms with Crippen molar-refractivity contribution in [3.8, 4) is 56.8 Å². The summed E-state index contributed by atoms with van der Waals surface area (Å²) in [5, 5.41) is 24.9. The van der Waals surface area contributed by atoms with E-state index in [-0.39, 0.29) is 5.75 Å². The SMILES string of the molecule is Clc1ccc(-c2csc(Nc3nc(-c4cccnc4)nc4ccc(OCc5ccccc5)cc34)n2)cc1.Oc1ccc2nc(-c3cccnc3)nc(Nc3nc(-c4ccc(Cl)cc4)cs3)c2c1. The van der Waals surface area contributed by atoms with Gasteiger partial charge in [0, 0.05) is 78.6 Å². The van der Waals surface area contributed by atoms with E-state index in [4.69, 9.17) is 42.9 Å². The summed E-state index contributed by atoms with van der Waals surface area (Å²) >= 11 is 15.0. The predicted molar refractivity (Wildman–Crippen MR) is 270 cm³/mol. The van der Waals surface area contributed by atoms with Gasteiger partial charge in [-0.15, -0.1) is 22.7 Å². The molecule has 0 aliphatic heterocycles. The molecule has 0 atom stereocenters. The first-order valence-electron chi connectivity index (χ1n) is 20.6. The summed E-state index contributed by atoms with van der Waals surface area (Å²) in [7, 11) is 0. The molecular weight excluding hydrogens is 920 g/mol. The van der Waals surface area contributed by atoms with Crippen molar-refractivity contribution in [2.45, 2.75) is 6.61 Å². The number of anilines is 4. The van der Waals surface area contributed by atoms with Crippen molar-refractivity contribution in [2.75, 3.05) is 10.6 Å². The van der Waals surface area contributed by atoms with Crippen LogP contribution in [0.3, 0.4) is 0 Å². The van der Waals surface area contributed by atoms with Gasteiger partial charge in [0.15, 0.2) is 21.9 Å². The van der Waals surface area contributed by atoms with Crippen LogP contribution in [0.25, 0.3) is 67.1 Å². The third-order valence-corrected chi connectivity index (χ3v) is 12.2. The van der Waals surface area contributed by atoms with Crippen molar-refractivity contribution in [3.63, 3.8) is 0 Å². The normalized spacial score (nSPS) is 11.0. The number of ether oxygens (including phenoxy) is 1. The molecule has 6 aromatic heterocycles. The summed E-state index contributed by atoms with van der Waals surface area (Å²) in [6, 6.07) is 43.6. The van der Waals surface area contributed by atoms with E-state index in [1.807, 2.05) is 132 Å². The Labute approximate surface area is 401 Å². The summed E-state index contributed by atoms with van der Waals surface area (Å²) in [5.41, 5.74) is 7.90. The van der Waals surface area contributed by atoms with E-state index in [0.717, 1.165) is 61.0 Å². The molecule has 6 heterocycles. The van der Waals surface area contributed by atoms with Crippen molar-refractivity contribution in [3.05, 3.63) is 191 Å². The van der Waals surface area contributed by atoms with E-state index in [9.17, 15) is 5.11 Å². The minimum absolute atomic E-state index is 0.143. The topological polar surface area (TPSA) is 157 Å². The number of phenolic OH excluding ortho intramolecular Hbond substituents is 1. The molecule has 5 aromatic carbocycles. The largest absolute Gasteiger partial charge is 0.508 e. The number of nitrogens with one attached hydrogen (secondary N) is 2. The molecule has 0 spiro atoms. The summed E-state index contributed by atoms with van der Waals surface area (Å²) < 4.78 is 6.07. The molecule has 326 valence electrons. The molecule has 0 bridgehead atoms. The standard InChI is InChI=1S/C29H20ClN5OS.C22H14ClN5OS/c30-22-10-8-20(9-11-22)26-18-37-29(33-26)35-28-24-15-23(36-17-19-5-2-1-3-6-19)12-13-25(24)32-27(34-28)21-7-4-14-31-16-21;23-15-5-3-13(4-6-15)19-12-30-22(26-19)28-21-17-10-16(29)7-8-18(17)25-20(27-21)14-2-1-9-24-11-14/h1-16,18H,17H2,(H,32,33,34,35);1-12,29H,(H,25,26,27,28). The van der Waals surface area contributed by atoms with Gasteiger partial charge in [-0.05, 0) is 90.5 Å². The highest BCUT2D eigenvalue weighted by Gasteiger charge is 2.16. The van der Waals surface area contributed by atoms with Crippen molar-refractivity contribution < 1.29 is 9.84 Å². The van der Waals surface area contributed by atoms with Crippen LogP contribution in [0.4, 0.5) is 21.9 Å². The fourth-order valence-electron chi connectivity index (χ4n) is 6.86. The van der Waals surface area contributed by atoms with E-state index < -0.39 is 0 Å². The lowest BCUT2D eigenvalue weighted by Gasteiger charge is -2.12. The average molecular weight is 954 g/mol. The van der Waals surface area contributed by atoms with Gasteiger partial charge in [0.2, 0.25) is 0 Å². The van der Waals surface area contributed by atoms with Crippen LogP contribution in [-0.4, -0.2) is 45.0 Å². The second kappa shape index (κ2) is 19.7. The van der Waals surface area contributed by atoms with E-state index in [1.165, 1.54) is 22.7 Å². The number of halogens is 2. The molecule has 0 aliphatic rings.